The Morgan fingerprint density at radius 1 is 1.64 bits per heavy atom. The number of hydrogen-bond donors (Lipinski definition) is 2. The Balaban J connectivity index is 2.31. The molecular weight excluding hydrogens is 196 g/mol. The quantitative estimate of drug-likeness (QED) is 0.763. The maximum Gasteiger partial charge on any atom is 0.182 e. The van der Waals surface area contributed by atoms with Gasteiger partial charge in [0.25, 0.3) is 0 Å². The lowest BCUT2D eigenvalue weighted by Gasteiger charge is -2.13. The second kappa shape index (κ2) is 5.98. The van der Waals surface area contributed by atoms with Crippen LogP contribution in [-0.2, 0) is 0 Å². The largest absolute Gasteiger partial charge is 0.396 e. The average molecular weight is 214 g/mol. The molecule has 1 aromatic rings. The van der Waals surface area contributed by atoms with Crippen LogP contribution in [0.25, 0.3) is 0 Å². The highest BCUT2D eigenvalue weighted by Gasteiger charge is 2.06. The Kier molecular flexibility index (Phi) is 4.90. The van der Waals surface area contributed by atoms with Crippen molar-refractivity contribution < 1.29 is 5.11 Å². The first-order valence-electron chi connectivity index (χ1n) is 5.03. The number of hydrogen-bond acceptors (Lipinski definition) is 4. The van der Waals surface area contributed by atoms with E-state index in [4.69, 9.17) is 5.11 Å². The van der Waals surface area contributed by atoms with Crippen LogP contribution in [0.5, 0.6) is 0 Å². The monoisotopic (exact) mass is 214 g/mol. The van der Waals surface area contributed by atoms with E-state index in [1.807, 2.05) is 12.3 Å². The van der Waals surface area contributed by atoms with Crippen molar-refractivity contribution in [2.75, 3.05) is 18.5 Å². The van der Waals surface area contributed by atoms with Gasteiger partial charge in [-0.1, -0.05) is 13.3 Å². The Labute approximate surface area is 89.2 Å². The van der Waals surface area contributed by atoms with Crippen molar-refractivity contribution in [2.24, 2.45) is 5.92 Å². The molecule has 4 heteroatoms. The molecule has 0 aliphatic carbocycles. The van der Waals surface area contributed by atoms with E-state index < -0.39 is 0 Å². The molecule has 1 rings (SSSR count). The molecule has 0 radical (unpaired) electrons. The fraction of sp³-hybridized carbons (Fsp3) is 0.700. The van der Waals surface area contributed by atoms with E-state index >= 15 is 0 Å². The summed E-state index contributed by atoms with van der Waals surface area (Å²) in [5.41, 5.74) is 1.06. The summed E-state index contributed by atoms with van der Waals surface area (Å²) in [6.07, 6.45) is 1.96. The van der Waals surface area contributed by atoms with Gasteiger partial charge in [0.15, 0.2) is 5.13 Å². The normalized spacial score (nSPS) is 12.8. The van der Waals surface area contributed by atoms with E-state index in [0.717, 1.165) is 30.2 Å². The van der Waals surface area contributed by atoms with Gasteiger partial charge in [0.05, 0.1) is 5.69 Å². The maximum atomic E-state index is 8.83. The molecule has 1 aromatic heterocycles. The summed E-state index contributed by atoms with van der Waals surface area (Å²) in [6.45, 7) is 5.32. The second-order valence-electron chi connectivity index (χ2n) is 3.46. The molecule has 14 heavy (non-hydrogen) atoms. The van der Waals surface area contributed by atoms with Crippen molar-refractivity contribution in [1.82, 2.24) is 4.98 Å². The second-order valence-corrected chi connectivity index (χ2v) is 4.32. The van der Waals surface area contributed by atoms with Crippen molar-refractivity contribution in [2.45, 2.75) is 26.7 Å². The lowest BCUT2D eigenvalue weighted by Crippen LogP contribution is -2.14. The van der Waals surface area contributed by atoms with Gasteiger partial charge in [-0.3, -0.25) is 0 Å². The number of aromatic nitrogens is 1. The number of aryl methyl sites for hydroxylation is 1. The van der Waals surface area contributed by atoms with Crippen LogP contribution in [0.1, 0.15) is 25.5 Å². The number of thiazole rings is 1. The predicted octanol–water partition coefficient (Wildman–Crippen LogP) is 2.27. The topological polar surface area (TPSA) is 45.1 Å². The minimum absolute atomic E-state index is 0.275. The third-order valence-corrected chi connectivity index (χ3v) is 3.19. The summed E-state index contributed by atoms with van der Waals surface area (Å²) in [7, 11) is 0. The fourth-order valence-corrected chi connectivity index (χ4v) is 2.00. The van der Waals surface area contributed by atoms with Gasteiger partial charge in [-0.2, -0.15) is 0 Å². The molecule has 1 heterocycles. The van der Waals surface area contributed by atoms with E-state index in [1.54, 1.807) is 11.3 Å². The summed E-state index contributed by atoms with van der Waals surface area (Å²) in [5, 5.41) is 15.1. The first-order valence-corrected chi connectivity index (χ1v) is 5.91. The van der Waals surface area contributed by atoms with Crippen LogP contribution < -0.4 is 5.32 Å². The van der Waals surface area contributed by atoms with Gasteiger partial charge in [-0.15, -0.1) is 11.3 Å². The van der Waals surface area contributed by atoms with Crippen LogP contribution in [0.4, 0.5) is 5.13 Å². The molecule has 0 saturated carbocycles. The Bertz CT molecular complexity index is 262. The van der Waals surface area contributed by atoms with E-state index in [0.29, 0.717) is 5.92 Å². The highest BCUT2D eigenvalue weighted by Crippen LogP contribution is 2.16. The third-order valence-electron chi connectivity index (χ3n) is 2.28. The molecule has 0 spiro atoms. The lowest BCUT2D eigenvalue weighted by atomic mass is 10.0. The summed E-state index contributed by atoms with van der Waals surface area (Å²) in [4.78, 5) is 4.32. The molecule has 0 fully saturated rings. The van der Waals surface area contributed by atoms with Crippen LogP contribution >= 0.6 is 11.3 Å². The molecule has 0 aromatic carbocycles. The minimum Gasteiger partial charge on any atom is -0.396 e. The van der Waals surface area contributed by atoms with Crippen molar-refractivity contribution in [3.8, 4) is 0 Å². The van der Waals surface area contributed by atoms with Crippen LogP contribution in [-0.4, -0.2) is 23.2 Å². The molecule has 1 atom stereocenters. The third kappa shape index (κ3) is 3.64. The maximum absolute atomic E-state index is 8.83. The van der Waals surface area contributed by atoms with Gasteiger partial charge in [0.1, 0.15) is 0 Å². The molecule has 0 aliphatic rings. The highest BCUT2D eigenvalue weighted by molar-refractivity contribution is 7.13. The standard InChI is InChI=1S/C10H18N2OS/c1-3-9(4-5-13)6-11-10-12-8(2)7-14-10/h7,9,13H,3-6H2,1-2H3,(H,11,12). The van der Waals surface area contributed by atoms with E-state index in [-0.39, 0.29) is 6.61 Å². The molecule has 1 unspecified atom stereocenters. The van der Waals surface area contributed by atoms with Gasteiger partial charge in [0, 0.05) is 18.5 Å². The number of aliphatic hydroxyl groups is 1. The highest BCUT2D eigenvalue weighted by atomic mass is 32.1. The average Bonchev–Trinajstić information content (AvgIpc) is 2.59. The SMILES string of the molecule is CCC(CCO)CNc1nc(C)cs1. The van der Waals surface area contributed by atoms with Gasteiger partial charge >= 0.3 is 0 Å². The van der Waals surface area contributed by atoms with Crippen molar-refractivity contribution in [3.63, 3.8) is 0 Å². The number of nitrogens with zero attached hydrogens (tertiary/aromatic N) is 1. The van der Waals surface area contributed by atoms with Crippen molar-refractivity contribution >= 4 is 16.5 Å². The molecule has 3 nitrogen and oxygen atoms in total. The zero-order valence-corrected chi connectivity index (χ0v) is 9.60. The molecule has 80 valence electrons. The van der Waals surface area contributed by atoms with Crippen molar-refractivity contribution in [1.29, 1.82) is 0 Å². The molecule has 0 saturated heterocycles. The molecule has 0 amide bonds. The molecule has 2 N–H and O–H groups in total. The minimum atomic E-state index is 0.275. The van der Waals surface area contributed by atoms with Gasteiger partial charge in [-0.25, -0.2) is 4.98 Å². The molecule has 0 bridgehead atoms. The van der Waals surface area contributed by atoms with Gasteiger partial charge in [-0.05, 0) is 19.3 Å². The number of nitrogens with one attached hydrogen (secondary N) is 1. The Morgan fingerprint density at radius 3 is 2.93 bits per heavy atom. The number of anilines is 1. The Hall–Kier alpha value is -0.610. The summed E-state index contributed by atoms with van der Waals surface area (Å²) in [6, 6.07) is 0. The smallest absolute Gasteiger partial charge is 0.182 e. The zero-order valence-electron chi connectivity index (χ0n) is 8.79. The van der Waals surface area contributed by atoms with Crippen molar-refractivity contribution in [3.05, 3.63) is 11.1 Å². The molecular formula is C10H18N2OS. The van der Waals surface area contributed by atoms with E-state index in [2.05, 4.69) is 17.2 Å². The first kappa shape index (κ1) is 11.5. The van der Waals surface area contributed by atoms with Crippen LogP contribution in [0.3, 0.4) is 0 Å². The zero-order chi connectivity index (χ0) is 10.4. The summed E-state index contributed by atoms with van der Waals surface area (Å²) < 4.78 is 0. The summed E-state index contributed by atoms with van der Waals surface area (Å²) in [5.74, 6) is 0.546. The molecule has 0 aliphatic heterocycles. The van der Waals surface area contributed by atoms with Gasteiger partial charge in [0.2, 0.25) is 0 Å². The number of aliphatic hydroxyl groups excluding tert-OH is 1. The Morgan fingerprint density at radius 2 is 2.43 bits per heavy atom. The van der Waals surface area contributed by atoms with Crippen LogP contribution in [0.2, 0.25) is 0 Å². The fourth-order valence-electron chi connectivity index (χ4n) is 1.30. The summed E-state index contributed by atoms with van der Waals surface area (Å²) >= 11 is 1.64. The predicted molar refractivity (Wildman–Crippen MR) is 60.8 cm³/mol. The number of rotatable bonds is 6. The van der Waals surface area contributed by atoms with E-state index in [1.165, 1.54) is 0 Å². The van der Waals surface area contributed by atoms with E-state index in [9.17, 15) is 0 Å². The van der Waals surface area contributed by atoms with Crippen LogP contribution in [0, 0.1) is 12.8 Å². The van der Waals surface area contributed by atoms with Crippen LogP contribution in [0.15, 0.2) is 5.38 Å². The first-order chi connectivity index (χ1) is 6.76. The lowest BCUT2D eigenvalue weighted by molar-refractivity contribution is 0.258. The van der Waals surface area contributed by atoms with Gasteiger partial charge < -0.3 is 10.4 Å².